The standard InChI is InChI=1S/C36H44N4O13/c1-27(38-35(41)29-10-6-7-11-30(29)36(38)42)37(26-28-8-4-3-5-9-28)12-13-48-16-17-50-20-22-52-33-24-31(39(43)44)32(40(45)46)25-34(33)53-23-21-51-19-18-49-15-14-47-2/h3-11,24-25,27H,12-23,26H2,1-2H3. The number of benzene rings is 3. The third kappa shape index (κ3) is 12.0. The Hall–Kier alpha value is -5.04. The van der Waals surface area contributed by atoms with Gasteiger partial charge < -0.3 is 33.2 Å². The molecule has 17 nitrogen and oxygen atoms in total. The number of hydrogen-bond acceptors (Lipinski definition) is 14. The van der Waals surface area contributed by atoms with Gasteiger partial charge in [0, 0.05) is 20.2 Å². The summed E-state index contributed by atoms with van der Waals surface area (Å²) >= 11 is 0. The molecular weight excluding hydrogens is 696 g/mol. The van der Waals surface area contributed by atoms with Crippen LogP contribution in [0.5, 0.6) is 11.5 Å². The Morgan fingerprint density at radius 3 is 1.55 bits per heavy atom. The first kappa shape index (κ1) is 40.7. The Kier molecular flexibility index (Phi) is 16.5. The van der Waals surface area contributed by atoms with Crippen LogP contribution in [0, 0.1) is 20.2 Å². The quantitative estimate of drug-likeness (QED) is 0.0494. The number of rotatable bonds is 26. The molecule has 4 rings (SSSR count). The number of amides is 2. The van der Waals surface area contributed by atoms with Crippen molar-refractivity contribution in [1.82, 2.24) is 9.80 Å². The minimum absolute atomic E-state index is 0.00289. The van der Waals surface area contributed by atoms with Gasteiger partial charge in [-0.15, -0.1) is 0 Å². The summed E-state index contributed by atoms with van der Waals surface area (Å²) in [5, 5.41) is 23.0. The highest BCUT2D eigenvalue weighted by atomic mass is 16.6. The van der Waals surface area contributed by atoms with Crippen LogP contribution in [0.25, 0.3) is 0 Å². The van der Waals surface area contributed by atoms with E-state index in [0.29, 0.717) is 50.6 Å². The van der Waals surface area contributed by atoms with Crippen LogP contribution in [-0.4, -0.2) is 124 Å². The van der Waals surface area contributed by atoms with E-state index in [1.165, 1.54) is 4.90 Å². The maximum atomic E-state index is 13.2. The molecule has 0 radical (unpaired) electrons. The van der Waals surface area contributed by atoms with E-state index in [2.05, 4.69) is 0 Å². The van der Waals surface area contributed by atoms with Crippen LogP contribution < -0.4 is 9.47 Å². The predicted octanol–water partition coefficient (Wildman–Crippen LogP) is 4.12. The lowest BCUT2D eigenvalue weighted by Crippen LogP contribution is -2.49. The average Bonchev–Trinajstić information content (AvgIpc) is 3.41. The molecule has 0 aromatic heterocycles. The summed E-state index contributed by atoms with van der Waals surface area (Å²) in [5.41, 5.74) is 0.309. The van der Waals surface area contributed by atoms with Crippen molar-refractivity contribution >= 4 is 23.2 Å². The molecule has 17 heteroatoms. The van der Waals surface area contributed by atoms with E-state index in [4.69, 9.17) is 33.2 Å². The van der Waals surface area contributed by atoms with Crippen LogP contribution >= 0.6 is 0 Å². The molecule has 1 atom stereocenters. The van der Waals surface area contributed by atoms with E-state index >= 15 is 0 Å². The van der Waals surface area contributed by atoms with Gasteiger partial charge in [0.25, 0.3) is 11.8 Å². The van der Waals surface area contributed by atoms with Crippen molar-refractivity contribution in [3.05, 3.63) is 104 Å². The molecule has 0 spiro atoms. The summed E-state index contributed by atoms with van der Waals surface area (Å²) in [6, 6.07) is 18.4. The van der Waals surface area contributed by atoms with E-state index in [1.54, 1.807) is 31.4 Å². The molecular formula is C36H44N4O13. The normalized spacial score (nSPS) is 13.0. The van der Waals surface area contributed by atoms with E-state index in [0.717, 1.165) is 17.7 Å². The van der Waals surface area contributed by atoms with E-state index in [-0.39, 0.29) is 69.6 Å². The molecule has 0 saturated carbocycles. The first-order chi connectivity index (χ1) is 25.7. The fourth-order valence-electron chi connectivity index (χ4n) is 5.37. The topological polar surface area (TPSA) is 192 Å². The smallest absolute Gasteiger partial charge is 0.350 e. The Balaban J connectivity index is 1.23. The van der Waals surface area contributed by atoms with Gasteiger partial charge in [0.2, 0.25) is 0 Å². The minimum Gasteiger partial charge on any atom is -0.487 e. The summed E-state index contributed by atoms with van der Waals surface area (Å²) in [6.07, 6.45) is -0.540. The largest absolute Gasteiger partial charge is 0.487 e. The molecule has 2 amide bonds. The number of carbonyl (C=O) groups excluding carboxylic acids is 2. The SMILES string of the molecule is COCCOCCOCCOc1cc([N+](=O)[O-])c([N+](=O)[O-])cc1OCCOCCOCCN(Cc1ccccc1)C(C)N1C(=O)c2ccccc2C1=O. The highest BCUT2D eigenvalue weighted by Crippen LogP contribution is 2.39. The van der Waals surface area contributed by atoms with Gasteiger partial charge in [-0.25, -0.2) is 0 Å². The third-order valence-electron chi connectivity index (χ3n) is 8.06. The highest BCUT2D eigenvalue weighted by Gasteiger charge is 2.40. The minimum atomic E-state index is -0.864. The summed E-state index contributed by atoms with van der Waals surface area (Å²) in [7, 11) is 1.57. The first-order valence-electron chi connectivity index (χ1n) is 17.0. The summed E-state index contributed by atoms with van der Waals surface area (Å²) in [5.74, 6) is -0.782. The molecule has 3 aromatic rings. The molecule has 1 aliphatic rings. The maximum Gasteiger partial charge on any atom is 0.350 e. The van der Waals surface area contributed by atoms with Crippen LogP contribution in [0.1, 0.15) is 33.2 Å². The second-order valence-corrected chi connectivity index (χ2v) is 11.6. The molecule has 0 N–H and O–H groups in total. The average molecular weight is 741 g/mol. The van der Waals surface area contributed by atoms with Gasteiger partial charge in [0.15, 0.2) is 11.5 Å². The molecule has 1 heterocycles. The van der Waals surface area contributed by atoms with Crippen molar-refractivity contribution in [2.75, 3.05) is 86.3 Å². The van der Waals surface area contributed by atoms with E-state index < -0.39 is 27.4 Å². The van der Waals surface area contributed by atoms with Crippen molar-refractivity contribution in [2.45, 2.75) is 19.6 Å². The second kappa shape index (κ2) is 21.5. The molecule has 0 saturated heterocycles. The van der Waals surface area contributed by atoms with Crippen LogP contribution in [0.2, 0.25) is 0 Å². The van der Waals surface area contributed by atoms with Crippen molar-refractivity contribution in [3.8, 4) is 11.5 Å². The lowest BCUT2D eigenvalue weighted by atomic mass is 10.1. The van der Waals surface area contributed by atoms with Gasteiger partial charge in [-0.2, -0.15) is 0 Å². The third-order valence-corrected chi connectivity index (χ3v) is 8.06. The predicted molar refractivity (Wildman–Crippen MR) is 189 cm³/mol. The number of ether oxygens (including phenoxy) is 7. The number of imide groups is 1. The number of hydrogen-bond donors (Lipinski definition) is 0. The monoisotopic (exact) mass is 740 g/mol. The molecule has 286 valence electrons. The number of carbonyl (C=O) groups is 2. The molecule has 1 unspecified atom stereocenters. The number of methoxy groups -OCH3 is 1. The van der Waals surface area contributed by atoms with Gasteiger partial charge in [0.05, 0.1) is 98.7 Å². The van der Waals surface area contributed by atoms with Gasteiger partial charge in [-0.1, -0.05) is 42.5 Å². The van der Waals surface area contributed by atoms with Gasteiger partial charge in [-0.05, 0) is 24.6 Å². The van der Waals surface area contributed by atoms with Crippen molar-refractivity contribution < 1.29 is 52.6 Å². The summed E-state index contributed by atoms with van der Waals surface area (Å²) in [6.45, 7) is 5.13. The zero-order valence-electron chi connectivity index (χ0n) is 29.7. The van der Waals surface area contributed by atoms with Crippen molar-refractivity contribution in [3.63, 3.8) is 0 Å². The zero-order chi connectivity index (χ0) is 38.0. The van der Waals surface area contributed by atoms with Gasteiger partial charge in [0.1, 0.15) is 13.2 Å². The lowest BCUT2D eigenvalue weighted by molar-refractivity contribution is -0.422. The Morgan fingerprint density at radius 1 is 0.642 bits per heavy atom. The van der Waals surface area contributed by atoms with Crippen molar-refractivity contribution in [1.29, 1.82) is 0 Å². The molecule has 3 aromatic carbocycles. The van der Waals surface area contributed by atoms with Crippen LogP contribution in [-0.2, 0) is 30.2 Å². The number of nitro benzene ring substituents is 2. The van der Waals surface area contributed by atoms with Crippen LogP contribution in [0.4, 0.5) is 11.4 Å². The Labute approximate surface area is 306 Å². The van der Waals surface area contributed by atoms with E-state index in [1.807, 2.05) is 42.2 Å². The number of nitrogens with zero attached hydrogens (tertiary/aromatic N) is 4. The van der Waals surface area contributed by atoms with Crippen LogP contribution in [0.15, 0.2) is 66.7 Å². The van der Waals surface area contributed by atoms with Gasteiger partial charge in [-0.3, -0.25) is 39.6 Å². The fraction of sp³-hybridized carbons (Fsp3) is 0.444. The molecule has 0 fully saturated rings. The van der Waals surface area contributed by atoms with Crippen molar-refractivity contribution in [2.24, 2.45) is 0 Å². The zero-order valence-corrected chi connectivity index (χ0v) is 29.7. The Morgan fingerprint density at radius 2 is 1.08 bits per heavy atom. The molecule has 0 aliphatic carbocycles. The number of nitro groups is 2. The second-order valence-electron chi connectivity index (χ2n) is 11.6. The maximum absolute atomic E-state index is 13.2. The van der Waals surface area contributed by atoms with E-state index in [9.17, 15) is 29.8 Å². The molecule has 1 aliphatic heterocycles. The van der Waals surface area contributed by atoms with Gasteiger partial charge >= 0.3 is 11.4 Å². The molecule has 53 heavy (non-hydrogen) atoms. The number of fused-ring (bicyclic) bond motifs is 1. The molecule has 0 bridgehead atoms. The summed E-state index contributed by atoms with van der Waals surface area (Å²) in [4.78, 5) is 50.9. The summed E-state index contributed by atoms with van der Waals surface area (Å²) < 4.78 is 38.3. The lowest BCUT2D eigenvalue weighted by Gasteiger charge is -2.34. The van der Waals surface area contributed by atoms with Crippen LogP contribution in [0.3, 0.4) is 0 Å². The fourth-order valence-corrected chi connectivity index (χ4v) is 5.37. The first-order valence-corrected chi connectivity index (χ1v) is 17.0. The Bertz CT molecular complexity index is 1620. The highest BCUT2D eigenvalue weighted by molar-refractivity contribution is 6.21.